The van der Waals surface area contributed by atoms with Crippen molar-refractivity contribution >= 4 is 22.5 Å². The van der Waals surface area contributed by atoms with Crippen LogP contribution in [0.4, 0.5) is 0 Å². The van der Waals surface area contributed by atoms with Crippen molar-refractivity contribution < 1.29 is 0 Å². The van der Waals surface area contributed by atoms with Gasteiger partial charge in [0, 0.05) is 11.1 Å². The van der Waals surface area contributed by atoms with Crippen LogP contribution < -0.4 is 5.73 Å². The zero-order chi connectivity index (χ0) is 10.3. The third kappa shape index (κ3) is 1.51. The standard InChI is InChI=1S/C11H13ClN2/c1-11(2,13)9-6-7-4-3-5-8(12)10(7)14-9/h3-6,14H,13H2,1-2H3. The molecule has 0 fully saturated rings. The summed E-state index contributed by atoms with van der Waals surface area (Å²) in [5.74, 6) is 0. The van der Waals surface area contributed by atoms with E-state index in [1.165, 1.54) is 0 Å². The molecule has 1 heterocycles. The van der Waals surface area contributed by atoms with E-state index in [1.54, 1.807) is 0 Å². The van der Waals surface area contributed by atoms with Gasteiger partial charge >= 0.3 is 0 Å². The molecule has 3 heteroatoms. The Labute approximate surface area is 88.1 Å². The van der Waals surface area contributed by atoms with E-state index in [4.69, 9.17) is 17.3 Å². The van der Waals surface area contributed by atoms with Crippen molar-refractivity contribution in [3.8, 4) is 0 Å². The van der Waals surface area contributed by atoms with Crippen LogP contribution in [0.2, 0.25) is 5.02 Å². The molecule has 1 aromatic carbocycles. The van der Waals surface area contributed by atoms with Crippen LogP contribution in [0.3, 0.4) is 0 Å². The van der Waals surface area contributed by atoms with Gasteiger partial charge in [-0.05, 0) is 26.0 Å². The highest BCUT2D eigenvalue weighted by molar-refractivity contribution is 6.35. The van der Waals surface area contributed by atoms with Gasteiger partial charge in [-0.3, -0.25) is 0 Å². The molecule has 74 valence electrons. The van der Waals surface area contributed by atoms with Crippen LogP contribution >= 0.6 is 11.6 Å². The molecule has 2 rings (SSSR count). The lowest BCUT2D eigenvalue weighted by Gasteiger charge is -2.15. The summed E-state index contributed by atoms with van der Waals surface area (Å²) in [6.45, 7) is 3.93. The molecule has 1 aromatic heterocycles. The van der Waals surface area contributed by atoms with Crippen LogP contribution in [0.25, 0.3) is 10.9 Å². The van der Waals surface area contributed by atoms with E-state index in [1.807, 2.05) is 38.1 Å². The molecule has 2 nitrogen and oxygen atoms in total. The smallest absolute Gasteiger partial charge is 0.0647 e. The Morgan fingerprint density at radius 2 is 2.07 bits per heavy atom. The second-order valence-corrected chi connectivity index (χ2v) is 4.52. The topological polar surface area (TPSA) is 41.8 Å². The number of hydrogen-bond donors (Lipinski definition) is 2. The highest BCUT2D eigenvalue weighted by Gasteiger charge is 2.17. The molecule has 0 saturated carbocycles. The zero-order valence-corrected chi connectivity index (χ0v) is 9.02. The van der Waals surface area contributed by atoms with E-state index in [-0.39, 0.29) is 5.54 Å². The van der Waals surface area contributed by atoms with Crippen LogP contribution in [-0.4, -0.2) is 4.98 Å². The van der Waals surface area contributed by atoms with Crippen LogP contribution in [0, 0.1) is 0 Å². The molecule has 0 bridgehead atoms. The molecule has 0 atom stereocenters. The van der Waals surface area contributed by atoms with Gasteiger partial charge in [0.25, 0.3) is 0 Å². The van der Waals surface area contributed by atoms with Crippen LogP contribution in [-0.2, 0) is 5.54 Å². The number of H-pyrrole nitrogens is 1. The van der Waals surface area contributed by atoms with Crippen molar-refractivity contribution in [2.24, 2.45) is 5.73 Å². The first-order chi connectivity index (χ1) is 6.48. The van der Waals surface area contributed by atoms with E-state index in [9.17, 15) is 0 Å². The van der Waals surface area contributed by atoms with Gasteiger partial charge in [-0.2, -0.15) is 0 Å². The van der Waals surface area contributed by atoms with E-state index in [0.717, 1.165) is 21.6 Å². The number of halogens is 1. The number of nitrogens with two attached hydrogens (primary N) is 1. The molecular formula is C11H13ClN2. The monoisotopic (exact) mass is 208 g/mol. The SMILES string of the molecule is CC(C)(N)c1cc2cccc(Cl)c2[nH]1. The van der Waals surface area contributed by atoms with E-state index in [0.29, 0.717) is 0 Å². The molecule has 14 heavy (non-hydrogen) atoms. The van der Waals surface area contributed by atoms with Crippen molar-refractivity contribution in [1.82, 2.24) is 4.98 Å². The third-order valence-corrected chi connectivity index (χ3v) is 2.61. The van der Waals surface area contributed by atoms with Gasteiger partial charge in [-0.1, -0.05) is 23.7 Å². The largest absolute Gasteiger partial charge is 0.356 e. The minimum atomic E-state index is -0.359. The Bertz CT molecular complexity index is 466. The van der Waals surface area contributed by atoms with Crippen molar-refractivity contribution in [2.75, 3.05) is 0 Å². The fourth-order valence-corrected chi connectivity index (χ4v) is 1.70. The van der Waals surface area contributed by atoms with Crippen LogP contribution in [0.1, 0.15) is 19.5 Å². The lowest BCUT2D eigenvalue weighted by Crippen LogP contribution is -2.28. The van der Waals surface area contributed by atoms with Gasteiger partial charge in [-0.25, -0.2) is 0 Å². The maximum atomic E-state index is 6.05. The highest BCUT2D eigenvalue weighted by Crippen LogP contribution is 2.26. The number of aromatic nitrogens is 1. The quantitative estimate of drug-likeness (QED) is 0.743. The van der Waals surface area contributed by atoms with Gasteiger partial charge in [0.05, 0.1) is 16.1 Å². The fourth-order valence-electron chi connectivity index (χ4n) is 1.47. The number of para-hydroxylation sites is 1. The molecule has 0 aliphatic heterocycles. The molecule has 0 saturated heterocycles. The summed E-state index contributed by atoms with van der Waals surface area (Å²) in [6.07, 6.45) is 0. The number of fused-ring (bicyclic) bond motifs is 1. The normalized spacial score (nSPS) is 12.3. The summed E-state index contributed by atoms with van der Waals surface area (Å²) in [5.41, 5.74) is 7.60. The molecule has 2 aromatic rings. The molecule has 0 radical (unpaired) electrons. The maximum Gasteiger partial charge on any atom is 0.0647 e. The van der Waals surface area contributed by atoms with E-state index >= 15 is 0 Å². The molecule has 0 aliphatic rings. The number of benzene rings is 1. The molecule has 3 N–H and O–H groups in total. The van der Waals surface area contributed by atoms with Crippen molar-refractivity contribution in [3.63, 3.8) is 0 Å². The Balaban J connectivity index is 2.69. The van der Waals surface area contributed by atoms with E-state index < -0.39 is 0 Å². The van der Waals surface area contributed by atoms with Crippen molar-refractivity contribution in [2.45, 2.75) is 19.4 Å². The van der Waals surface area contributed by atoms with Crippen molar-refractivity contribution in [1.29, 1.82) is 0 Å². The first-order valence-electron chi connectivity index (χ1n) is 4.55. The lowest BCUT2D eigenvalue weighted by molar-refractivity contribution is 0.540. The highest BCUT2D eigenvalue weighted by atomic mass is 35.5. The first-order valence-corrected chi connectivity index (χ1v) is 4.93. The summed E-state index contributed by atoms with van der Waals surface area (Å²) in [6, 6.07) is 7.87. The van der Waals surface area contributed by atoms with Crippen molar-refractivity contribution in [3.05, 3.63) is 35.0 Å². The summed E-state index contributed by atoms with van der Waals surface area (Å²) in [5, 5.41) is 1.84. The molecular weight excluding hydrogens is 196 g/mol. The lowest BCUT2D eigenvalue weighted by atomic mass is 10.0. The number of aromatic amines is 1. The maximum absolute atomic E-state index is 6.05. The fraction of sp³-hybridized carbons (Fsp3) is 0.273. The van der Waals surface area contributed by atoms with Crippen LogP contribution in [0.15, 0.2) is 24.3 Å². The van der Waals surface area contributed by atoms with Gasteiger partial charge in [0.15, 0.2) is 0 Å². The van der Waals surface area contributed by atoms with Gasteiger partial charge < -0.3 is 10.7 Å². The molecule has 0 amide bonds. The summed E-state index contributed by atoms with van der Waals surface area (Å²) >= 11 is 6.05. The number of nitrogens with one attached hydrogen (secondary N) is 1. The van der Waals surface area contributed by atoms with Gasteiger partial charge in [-0.15, -0.1) is 0 Å². The number of hydrogen-bond acceptors (Lipinski definition) is 1. The van der Waals surface area contributed by atoms with Gasteiger partial charge in [0.2, 0.25) is 0 Å². The first kappa shape index (κ1) is 9.56. The minimum absolute atomic E-state index is 0.359. The van der Waals surface area contributed by atoms with E-state index in [2.05, 4.69) is 4.98 Å². The number of rotatable bonds is 1. The summed E-state index contributed by atoms with van der Waals surface area (Å²) in [7, 11) is 0. The van der Waals surface area contributed by atoms with Crippen LogP contribution in [0.5, 0.6) is 0 Å². The zero-order valence-electron chi connectivity index (χ0n) is 8.26. The summed E-state index contributed by atoms with van der Waals surface area (Å²) < 4.78 is 0. The minimum Gasteiger partial charge on any atom is -0.356 e. The predicted molar refractivity (Wildman–Crippen MR) is 60.5 cm³/mol. The second kappa shape index (κ2) is 3.01. The Kier molecular flexibility index (Phi) is 2.05. The molecule has 0 aliphatic carbocycles. The summed E-state index contributed by atoms with van der Waals surface area (Å²) in [4.78, 5) is 3.25. The molecule has 0 unspecified atom stereocenters. The average Bonchev–Trinajstić information content (AvgIpc) is 2.48. The second-order valence-electron chi connectivity index (χ2n) is 4.11. The predicted octanol–water partition coefficient (Wildman–Crippen LogP) is 3.02. The third-order valence-electron chi connectivity index (χ3n) is 2.30. The molecule has 0 spiro atoms. The Hall–Kier alpha value is -0.990. The Morgan fingerprint density at radius 1 is 1.36 bits per heavy atom. The Morgan fingerprint density at radius 3 is 2.64 bits per heavy atom. The van der Waals surface area contributed by atoms with Gasteiger partial charge in [0.1, 0.15) is 0 Å². The average molecular weight is 209 g/mol.